The van der Waals surface area contributed by atoms with Gasteiger partial charge in [0, 0.05) is 5.69 Å². The van der Waals surface area contributed by atoms with E-state index in [9.17, 15) is 9.59 Å². The molecule has 0 bridgehead atoms. The van der Waals surface area contributed by atoms with E-state index in [0.717, 1.165) is 11.4 Å². The second-order valence-electron chi connectivity index (χ2n) is 3.83. The molecule has 0 radical (unpaired) electrons. The minimum atomic E-state index is -0.828. The van der Waals surface area contributed by atoms with Gasteiger partial charge in [0.15, 0.2) is 17.3 Å². The van der Waals surface area contributed by atoms with Crippen LogP contribution >= 0.6 is 0 Å². The molecular formula is C10H12N6O2. The summed E-state index contributed by atoms with van der Waals surface area (Å²) in [5.41, 5.74) is 11.6. The van der Waals surface area contributed by atoms with Gasteiger partial charge in [-0.2, -0.15) is 0 Å². The summed E-state index contributed by atoms with van der Waals surface area (Å²) in [5, 5.41) is 0. The van der Waals surface area contributed by atoms with Crippen molar-refractivity contribution in [1.29, 1.82) is 0 Å². The zero-order valence-electron chi connectivity index (χ0n) is 9.87. The Morgan fingerprint density at radius 1 is 1.00 bits per heavy atom. The Balaban J connectivity index is 2.56. The minimum Gasteiger partial charge on any atom is -0.364 e. The topological polar surface area (TPSA) is 144 Å². The first-order chi connectivity index (χ1) is 8.40. The highest BCUT2D eigenvalue weighted by molar-refractivity contribution is 6.04. The number of aryl methyl sites for hydroxylation is 2. The summed E-state index contributed by atoms with van der Waals surface area (Å²) in [4.78, 5) is 36.0. The van der Waals surface area contributed by atoms with E-state index in [1.807, 2.05) is 13.8 Å². The van der Waals surface area contributed by atoms with Crippen molar-refractivity contribution in [2.24, 2.45) is 11.5 Å². The molecule has 0 atom stereocenters. The number of aromatic nitrogens is 4. The highest BCUT2D eigenvalue weighted by Gasteiger charge is 2.21. The fourth-order valence-corrected chi connectivity index (χ4v) is 1.50. The quantitative estimate of drug-likeness (QED) is 0.586. The molecule has 0 saturated carbocycles. The second kappa shape index (κ2) is 3.99. The maximum atomic E-state index is 11.2. The molecule has 0 fully saturated rings. The lowest BCUT2D eigenvalue weighted by molar-refractivity contribution is 0.0962. The molecule has 0 aliphatic carbocycles. The Kier molecular flexibility index (Phi) is 2.62. The van der Waals surface area contributed by atoms with Crippen LogP contribution < -0.4 is 11.5 Å². The molecular weight excluding hydrogens is 236 g/mol. The number of hydrogen-bond acceptors (Lipinski definition) is 4. The predicted molar refractivity (Wildman–Crippen MR) is 62.7 cm³/mol. The number of carbonyl (C=O) groups excluding carboxylic acids is 2. The third-order valence-corrected chi connectivity index (χ3v) is 2.54. The SMILES string of the molecule is Cc1nc(-c2nc(C(N)=O)c(C(N)=O)[nH]2)[nH]c1C. The summed E-state index contributed by atoms with van der Waals surface area (Å²) in [5.74, 6) is -0.970. The highest BCUT2D eigenvalue weighted by Crippen LogP contribution is 2.16. The number of imidazole rings is 2. The van der Waals surface area contributed by atoms with Crippen molar-refractivity contribution >= 4 is 11.8 Å². The van der Waals surface area contributed by atoms with Crippen LogP contribution in [0.3, 0.4) is 0 Å². The van der Waals surface area contributed by atoms with Crippen molar-refractivity contribution in [2.45, 2.75) is 13.8 Å². The van der Waals surface area contributed by atoms with Crippen molar-refractivity contribution in [3.63, 3.8) is 0 Å². The van der Waals surface area contributed by atoms with Gasteiger partial charge in [0.25, 0.3) is 11.8 Å². The number of nitrogens with two attached hydrogens (primary N) is 2. The van der Waals surface area contributed by atoms with Crippen molar-refractivity contribution in [2.75, 3.05) is 0 Å². The number of carbonyl (C=O) groups is 2. The van der Waals surface area contributed by atoms with Gasteiger partial charge in [-0.25, -0.2) is 9.97 Å². The van der Waals surface area contributed by atoms with Gasteiger partial charge in [0.2, 0.25) is 0 Å². The Bertz CT molecular complexity index is 588. The van der Waals surface area contributed by atoms with Crippen LogP contribution in [0.2, 0.25) is 0 Å². The Morgan fingerprint density at radius 2 is 1.61 bits per heavy atom. The summed E-state index contributed by atoms with van der Waals surface area (Å²) in [6, 6.07) is 0. The number of aromatic amines is 2. The number of amides is 2. The molecule has 2 aromatic heterocycles. The lowest BCUT2D eigenvalue weighted by atomic mass is 10.3. The number of primary amides is 2. The predicted octanol–water partition coefficient (Wildman–Crippen LogP) is -0.386. The molecule has 0 unspecified atom stereocenters. The van der Waals surface area contributed by atoms with E-state index in [1.54, 1.807) is 0 Å². The van der Waals surface area contributed by atoms with Gasteiger partial charge in [-0.15, -0.1) is 0 Å². The van der Waals surface area contributed by atoms with E-state index in [-0.39, 0.29) is 17.2 Å². The van der Waals surface area contributed by atoms with Crippen LogP contribution in [0.1, 0.15) is 32.4 Å². The summed E-state index contributed by atoms with van der Waals surface area (Å²) in [6.07, 6.45) is 0. The van der Waals surface area contributed by atoms with Crippen molar-refractivity contribution in [3.8, 4) is 11.6 Å². The number of H-pyrrole nitrogens is 2. The summed E-state index contributed by atoms with van der Waals surface area (Å²) < 4.78 is 0. The molecule has 8 heteroatoms. The Hall–Kier alpha value is -2.64. The van der Waals surface area contributed by atoms with Gasteiger partial charge < -0.3 is 21.4 Å². The smallest absolute Gasteiger partial charge is 0.269 e. The lowest BCUT2D eigenvalue weighted by Crippen LogP contribution is -2.20. The first-order valence-corrected chi connectivity index (χ1v) is 5.13. The molecule has 2 rings (SSSR count). The van der Waals surface area contributed by atoms with E-state index in [0.29, 0.717) is 5.82 Å². The van der Waals surface area contributed by atoms with E-state index < -0.39 is 11.8 Å². The normalized spacial score (nSPS) is 10.6. The average molecular weight is 248 g/mol. The van der Waals surface area contributed by atoms with Crippen LogP contribution in [-0.2, 0) is 0 Å². The summed E-state index contributed by atoms with van der Waals surface area (Å²) in [7, 11) is 0. The molecule has 0 spiro atoms. The zero-order valence-corrected chi connectivity index (χ0v) is 9.87. The van der Waals surface area contributed by atoms with Crippen molar-refractivity contribution in [3.05, 3.63) is 22.8 Å². The summed E-state index contributed by atoms with van der Waals surface area (Å²) >= 11 is 0. The average Bonchev–Trinajstić information content (AvgIpc) is 2.83. The molecule has 0 saturated heterocycles. The van der Waals surface area contributed by atoms with Crippen molar-refractivity contribution < 1.29 is 9.59 Å². The van der Waals surface area contributed by atoms with Crippen LogP contribution in [0.25, 0.3) is 11.6 Å². The van der Waals surface area contributed by atoms with E-state index in [1.165, 1.54) is 0 Å². The molecule has 2 heterocycles. The van der Waals surface area contributed by atoms with Crippen LogP contribution in [0.15, 0.2) is 0 Å². The second-order valence-corrected chi connectivity index (χ2v) is 3.83. The molecule has 2 amide bonds. The van der Waals surface area contributed by atoms with Gasteiger partial charge in [-0.05, 0) is 13.8 Å². The fraction of sp³-hybridized carbons (Fsp3) is 0.200. The maximum Gasteiger partial charge on any atom is 0.269 e. The molecule has 0 aliphatic heterocycles. The van der Waals surface area contributed by atoms with Crippen LogP contribution in [0, 0.1) is 13.8 Å². The van der Waals surface area contributed by atoms with Gasteiger partial charge in [0.05, 0.1) is 5.69 Å². The number of hydrogen-bond donors (Lipinski definition) is 4. The number of nitrogens with zero attached hydrogens (tertiary/aromatic N) is 2. The Morgan fingerprint density at radius 3 is 2.00 bits per heavy atom. The van der Waals surface area contributed by atoms with Gasteiger partial charge in [0.1, 0.15) is 5.69 Å². The van der Waals surface area contributed by atoms with E-state index in [4.69, 9.17) is 11.5 Å². The standard InChI is InChI=1S/C10H12N6O2/c1-3-4(2)14-9(13-3)10-15-5(7(11)17)6(16-10)8(12)18/h1-2H3,(H2,11,17)(H2,12,18)(H,13,14)(H,15,16). The first kappa shape index (κ1) is 11.8. The lowest BCUT2D eigenvalue weighted by Gasteiger charge is -1.90. The molecule has 0 aliphatic rings. The van der Waals surface area contributed by atoms with Gasteiger partial charge in [-0.3, -0.25) is 9.59 Å². The van der Waals surface area contributed by atoms with E-state index >= 15 is 0 Å². The third kappa shape index (κ3) is 1.83. The maximum absolute atomic E-state index is 11.2. The monoisotopic (exact) mass is 248 g/mol. The largest absolute Gasteiger partial charge is 0.364 e. The van der Waals surface area contributed by atoms with Crippen LogP contribution in [-0.4, -0.2) is 31.8 Å². The fourth-order valence-electron chi connectivity index (χ4n) is 1.50. The number of rotatable bonds is 3. The van der Waals surface area contributed by atoms with E-state index in [2.05, 4.69) is 19.9 Å². The highest BCUT2D eigenvalue weighted by atomic mass is 16.2. The van der Waals surface area contributed by atoms with Crippen LogP contribution in [0.5, 0.6) is 0 Å². The minimum absolute atomic E-state index is 0.121. The van der Waals surface area contributed by atoms with Gasteiger partial charge in [-0.1, -0.05) is 0 Å². The number of nitrogens with one attached hydrogen (secondary N) is 2. The molecule has 18 heavy (non-hydrogen) atoms. The third-order valence-electron chi connectivity index (χ3n) is 2.54. The zero-order chi connectivity index (χ0) is 13.4. The summed E-state index contributed by atoms with van der Waals surface area (Å²) in [6.45, 7) is 3.67. The molecule has 94 valence electrons. The molecule has 0 aromatic carbocycles. The Labute approximate surface area is 102 Å². The molecule has 6 N–H and O–H groups in total. The van der Waals surface area contributed by atoms with Gasteiger partial charge >= 0.3 is 0 Å². The van der Waals surface area contributed by atoms with Crippen molar-refractivity contribution in [1.82, 2.24) is 19.9 Å². The molecule has 8 nitrogen and oxygen atoms in total. The first-order valence-electron chi connectivity index (χ1n) is 5.13. The van der Waals surface area contributed by atoms with Crippen LogP contribution in [0.4, 0.5) is 0 Å². The molecule has 2 aromatic rings.